The van der Waals surface area contributed by atoms with Crippen LogP contribution in [0.1, 0.15) is 15.9 Å². The highest BCUT2D eigenvalue weighted by Crippen LogP contribution is 2.17. The fourth-order valence-corrected chi connectivity index (χ4v) is 1.36. The molecule has 0 radical (unpaired) electrons. The molecule has 12 heavy (non-hydrogen) atoms. The van der Waals surface area contributed by atoms with Crippen LogP contribution in [0.4, 0.5) is 0 Å². The number of fused-ring (bicyclic) bond motifs is 1. The maximum Gasteiger partial charge on any atom is 0.150 e. The van der Waals surface area contributed by atoms with Gasteiger partial charge in [-0.15, -0.1) is 0 Å². The maximum atomic E-state index is 10.4. The average Bonchev–Trinajstić information content (AvgIpc) is 2.47. The number of hydrogen-bond acceptors (Lipinski definition) is 1. The zero-order valence-electron chi connectivity index (χ0n) is 6.79. The standard InChI is InChI=1S/C10H9NO/c1-7-5-11-10-4-8(6-12)2-3-9(7)10/h2-6,11H,1H3. The van der Waals surface area contributed by atoms with Gasteiger partial charge in [0.05, 0.1) is 0 Å². The number of aromatic nitrogens is 1. The predicted molar refractivity (Wildman–Crippen MR) is 48.4 cm³/mol. The van der Waals surface area contributed by atoms with Gasteiger partial charge in [-0.1, -0.05) is 12.1 Å². The first-order chi connectivity index (χ1) is 5.81. The summed E-state index contributed by atoms with van der Waals surface area (Å²) in [5.74, 6) is 0. The number of carbonyl (C=O) groups excluding carboxylic acids is 1. The highest BCUT2D eigenvalue weighted by molar-refractivity contribution is 5.88. The van der Waals surface area contributed by atoms with Crippen molar-refractivity contribution >= 4 is 17.2 Å². The van der Waals surface area contributed by atoms with Crippen molar-refractivity contribution in [2.45, 2.75) is 6.92 Å². The minimum Gasteiger partial charge on any atom is -0.361 e. The van der Waals surface area contributed by atoms with Crippen LogP contribution in [0.2, 0.25) is 0 Å². The minimum atomic E-state index is 0.712. The summed E-state index contributed by atoms with van der Waals surface area (Å²) < 4.78 is 0. The molecule has 0 fully saturated rings. The summed E-state index contributed by atoms with van der Waals surface area (Å²) in [6.07, 6.45) is 2.80. The average molecular weight is 159 g/mol. The Morgan fingerprint density at radius 3 is 3.00 bits per heavy atom. The van der Waals surface area contributed by atoms with Gasteiger partial charge in [-0.05, 0) is 18.6 Å². The van der Waals surface area contributed by atoms with Crippen molar-refractivity contribution in [2.24, 2.45) is 0 Å². The zero-order chi connectivity index (χ0) is 8.55. The molecule has 2 aromatic rings. The van der Waals surface area contributed by atoms with Crippen molar-refractivity contribution in [3.05, 3.63) is 35.5 Å². The third-order valence-electron chi connectivity index (χ3n) is 2.05. The first kappa shape index (κ1) is 7.10. The Kier molecular flexibility index (Phi) is 1.47. The molecule has 0 aliphatic heterocycles. The van der Waals surface area contributed by atoms with Crippen LogP contribution >= 0.6 is 0 Å². The Balaban J connectivity index is 2.77. The number of nitrogens with one attached hydrogen (secondary N) is 1. The molecule has 0 saturated heterocycles. The summed E-state index contributed by atoms with van der Waals surface area (Å²) >= 11 is 0. The normalized spacial score (nSPS) is 10.4. The van der Waals surface area contributed by atoms with Gasteiger partial charge in [0.15, 0.2) is 0 Å². The zero-order valence-corrected chi connectivity index (χ0v) is 6.79. The SMILES string of the molecule is Cc1c[nH]c2cc(C=O)ccc12. The first-order valence-electron chi connectivity index (χ1n) is 3.84. The molecule has 1 N–H and O–H groups in total. The van der Waals surface area contributed by atoms with Crippen LogP contribution in [-0.4, -0.2) is 11.3 Å². The van der Waals surface area contributed by atoms with Gasteiger partial charge in [-0.3, -0.25) is 4.79 Å². The Labute approximate surface area is 70.2 Å². The Hall–Kier alpha value is -1.57. The van der Waals surface area contributed by atoms with E-state index in [0.29, 0.717) is 5.56 Å². The molecule has 0 saturated carbocycles. The summed E-state index contributed by atoms with van der Waals surface area (Å²) in [5, 5.41) is 1.18. The van der Waals surface area contributed by atoms with E-state index in [9.17, 15) is 4.79 Å². The summed E-state index contributed by atoms with van der Waals surface area (Å²) in [6.45, 7) is 2.04. The highest BCUT2D eigenvalue weighted by Gasteiger charge is 1.98. The van der Waals surface area contributed by atoms with E-state index in [1.807, 2.05) is 31.3 Å². The summed E-state index contributed by atoms with van der Waals surface area (Å²) in [5.41, 5.74) is 2.95. The first-order valence-corrected chi connectivity index (χ1v) is 3.84. The second-order valence-electron chi connectivity index (χ2n) is 2.89. The van der Waals surface area contributed by atoms with Crippen molar-refractivity contribution in [3.8, 4) is 0 Å². The van der Waals surface area contributed by atoms with E-state index in [-0.39, 0.29) is 0 Å². The molecular weight excluding hydrogens is 150 g/mol. The van der Waals surface area contributed by atoms with Crippen LogP contribution in [0.5, 0.6) is 0 Å². The Morgan fingerprint density at radius 2 is 2.25 bits per heavy atom. The lowest BCUT2D eigenvalue weighted by molar-refractivity contribution is 0.112. The van der Waals surface area contributed by atoms with Gasteiger partial charge < -0.3 is 4.98 Å². The lowest BCUT2D eigenvalue weighted by atomic mass is 10.1. The molecule has 0 atom stereocenters. The third-order valence-corrected chi connectivity index (χ3v) is 2.05. The minimum absolute atomic E-state index is 0.712. The number of carbonyl (C=O) groups is 1. The number of aromatic amines is 1. The van der Waals surface area contributed by atoms with Crippen LogP contribution in [0.25, 0.3) is 10.9 Å². The molecule has 0 spiro atoms. The van der Waals surface area contributed by atoms with Crippen molar-refractivity contribution in [2.75, 3.05) is 0 Å². The fraction of sp³-hybridized carbons (Fsp3) is 0.100. The Bertz CT molecular complexity index is 428. The molecule has 0 amide bonds. The Morgan fingerprint density at radius 1 is 1.42 bits per heavy atom. The van der Waals surface area contributed by atoms with Gasteiger partial charge in [0, 0.05) is 22.7 Å². The molecule has 2 nitrogen and oxygen atoms in total. The lowest BCUT2D eigenvalue weighted by Gasteiger charge is -1.91. The molecule has 0 aliphatic rings. The van der Waals surface area contributed by atoms with E-state index in [1.165, 1.54) is 10.9 Å². The lowest BCUT2D eigenvalue weighted by Crippen LogP contribution is -1.78. The van der Waals surface area contributed by atoms with Crippen molar-refractivity contribution in [1.82, 2.24) is 4.98 Å². The molecule has 0 bridgehead atoms. The number of rotatable bonds is 1. The maximum absolute atomic E-state index is 10.4. The van der Waals surface area contributed by atoms with Crippen LogP contribution in [0.3, 0.4) is 0 Å². The van der Waals surface area contributed by atoms with Gasteiger partial charge >= 0.3 is 0 Å². The van der Waals surface area contributed by atoms with Crippen molar-refractivity contribution in [3.63, 3.8) is 0 Å². The van der Waals surface area contributed by atoms with Crippen LogP contribution in [0.15, 0.2) is 24.4 Å². The van der Waals surface area contributed by atoms with E-state index in [2.05, 4.69) is 4.98 Å². The van der Waals surface area contributed by atoms with Crippen LogP contribution < -0.4 is 0 Å². The summed E-state index contributed by atoms with van der Waals surface area (Å²) in [6, 6.07) is 5.65. The summed E-state index contributed by atoms with van der Waals surface area (Å²) in [7, 11) is 0. The number of aldehydes is 1. The second-order valence-corrected chi connectivity index (χ2v) is 2.89. The largest absolute Gasteiger partial charge is 0.361 e. The van der Waals surface area contributed by atoms with Gasteiger partial charge in [-0.25, -0.2) is 0 Å². The van der Waals surface area contributed by atoms with E-state index < -0.39 is 0 Å². The molecule has 1 heterocycles. The monoisotopic (exact) mass is 159 g/mol. The molecule has 60 valence electrons. The number of aryl methyl sites for hydroxylation is 1. The quantitative estimate of drug-likeness (QED) is 0.636. The van der Waals surface area contributed by atoms with Gasteiger partial charge in [-0.2, -0.15) is 0 Å². The summed E-state index contributed by atoms with van der Waals surface area (Å²) in [4.78, 5) is 13.5. The van der Waals surface area contributed by atoms with Crippen molar-refractivity contribution in [1.29, 1.82) is 0 Å². The van der Waals surface area contributed by atoms with Crippen molar-refractivity contribution < 1.29 is 4.79 Å². The number of hydrogen-bond donors (Lipinski definition) is 1. The number of H-pyrrole nitrogens is 1. The number of benzene rings is 1. The van der Waals surface area contributed by atoms with Gasteiger partial charge in [0.1, 0.15) is 6.29 Å². The molecule has 1 aromatic heterocycles. The molecule has 1 aromatic carbocycles. The molecule has 2 rings (SSSR count). The van der Waals surface area contributed by atoms with E-state index in [4.69, 9.17) is 0 Å². The van der Waals surface area contributed by atoms with E-state index in [1.54, 1.807) is 0 Å². The predicted octanol–water partition coefficient (Wildman–Crippen LogP) is 2.29. The van der Waals surface area contributed by atoms with E-state index >= 15 is 0 Å². The third kappa shape index (κ3) is 0.925. The highest BCUT2D eigenvalue weighted by atomic mass is 16.1. The van der Waals surface area contributed by atoms with E-state index in [0.717, 1.165) is 11.8 Å². The van der Waals surface area contributed by atoms with Crippen LogP contribution in [-0.2, 0) is 0 Å². The van der Waals surface area contributed by atoms with Gasteiger partial charge in [0.25, 0.3) is 0 Å². The molecule has 0 aliphatic carbocycles. The molecular formula is C10H9NO. The van der Waals surface area contributed by atoms with Crippen LogP contribution in [0, 0.1) is 6.92 Å². The fourth-order valence-electron chi connectivity index (χ4n) is 1.36. The van der Waals surface area contributed by atoms with Gasteiger partial charge in [0.2, 0.25) is 0 Å². The second kappa shape index (κ2) is 2.48. The smallest absolute Gasteiger partial charge is 0.150 e. The molecule has 2 heteroatoms. The molecule has 0 unspecified atom stereocenters. The topological polar surface area (TPSA) is 32.9 Å².